The Morgan fingerprint density at radius 2 is 1.62 bits per heavy atom. The molecule has 2 aromatic carbocycles. The first-order valence-corrected chi connectivity index (χ1v) is 13.3. The normalized spacial score (nSPS) is 17.4. The Kier molecular flexibility index (Phi) is 10.5. The minimum Gasteiger partial charge on any atom is -0.314 e. The smallest absolute Gasteiger partial charge is 0.314 e. The Bertz CT molecular complexity index is 1070. The summed E-state index contributed by atoms with van der Waals surface area (Å²) in [6, 6.07) is 14.5. The number of rotatable bonds is 7. The molecule has 2 aliphatic rings. The van der Waals surface area contributed by atoms with E-state index in [1.54, 1.807) is 29.2 Å². The maximum Gasteiger partial charge on any atom is 0.322 e. The fourth-order valence-corrected chi connectivity index (χ4v) is 5.23. The number of piperidine rings is 1. The number of benzene rings is 2. The van der Waals surface area contributed by atoms with E-state index in [2.05, 4.69) is 16.3 Å². The van der Waals surface area contributed by atoms with E-state index in [0.717, 1.165) is 50.9 Å². The number of likely N-dealkylation sites (tertiary alicyclic amines) is 1. The number of aryl methyl sites for hydroxylation is 1. The van der Waals surface area contributed by atoms with Gasteiger partial charge in [-0.25, -0.2) is 4.79 Å². The van der Waals surface area contributed by atoms with Crippen LogP contribution in [0.3, 0.4) is 0 Å². The number of Topliss-reactive ketones (excluding diaryl/α,β-unsaturated/α-hetero) is 1. The number of nitrogens with one attached hydrogen (secondary N) is 1. The topological polar surface area (TPSA) is 73.0 Å². The van der Waals surface area contributed by atoms with Crippen molar-refractivity contribution in [2.45, 2.75) is 58.4 Å². The quantitative estimate of drug-likeness (QED) is 0.525. The zero-order chi connectivity index (χ0) is 25.5. The predicted octanol–water partition coefficient (Wildman–Crippen LogP) is 5.39. The van der Waals surface area contributed by atoms with Crippen molar-refractivity contribution in [1.82, 2.24) is 9.80 Å². The van der Waals surface area contributed by atoms with Gasteiger partial charge in [-0.15, -0.1) is 12.4 Å². The molecule has 0 saturated carbocycles. The first-order chi connectivity index (χ1) is 17.5. The molecule has 2 heterocycles. The number of hydrogen-bond donors (Lipinski definition) is 1. The highest BCUT2D eigenvalue weighted by molar-refractivity contribution is 6.07. The number of carbonyl (C=O) groups is 3. The lowest BCUT2D eigenvalue weighted by Crippen LogP contribution is -2.52. The monoisotopic (exact) mass is 526 g/mol. The number of halogens is 1. The molecule has 0 radical (unpaired) electrons. The molecule has 7 nitrogen and oxygen atoms in total. The summed E-state index contributed by atoms with van der Waals surface area (Å²) in [4.78, 5) is 45.1. The Balaban J connectivity index is 0.00000380. The van der Waals surface area contributed by atoms with Crippen molar-refractivity contribution in [3.63, 3.8) is 0 Å². The minimum atomic E-state index is -0.386. The summed E-state index contributed by atoms with van der Waals surface area (Å²) in [6.45, 7) is 7.37. The van der Waals surface area contributed by atoms with Gasteiger partial charge in [-0.1, -0.05) is 32.0 Å². The van der Waals surface area contributed by atoms with Gasteiger partial charge in [0, 0.05) is 30.0 Å². The standard InChI is InChI=1S/C29H38N4O3.ClH/c1-3-31(4-2)21-27(34)26-14-8-10-20-33(26)29(36)30-24-17-15-23(16-18-24)28(35)32-19-9-7-12-22-11-5-6-13-25(22)32;/h5-6,11,13,15-18,26H,3-4,7-10,12,14,19-21H2,1-2H3,(H,30,36);1H. The van der Waals surface area contributed by atoms with Crippen LogP contribution in [0.1, 0.15) is 61.9 Å². The molecular formula is C29H39ClN4O3. The molecule has 3 amide bonds. The van der Waals surface area contributed by atoms with Crippen LogP contribution in [0.5, 0.6) is 0 Å². The van der Waals surface area contributed by atoms with E-state index >= 15 is 0 Å². The molecule has 1 N–H and O–H groups in total. The predicted molar refractivity (Wildman–Crippen MR) is 151 cm³/mol. The number of fused-ring (bicyclic) bond motifs is 1. The van der Waals surface area contributed by atoms with Crippen LogP contribution in [-0.4, -0.2) is 66.3 Å². The molecule has 37 heavy (non-hydrogen) atoms. The molecule has 2 aromatic rings. The fraction of sp³-hybridized carbons (Fsp3) is 0.483. The molecule has 0 aliphatic carbocycles. The molecule has 2 aliphatic heterocycles. The summed E-state index contributed by atoms with van der Waals surface area (Å²) in [5.74, 6) is 0.0764. The highest BCUT2D eigenvalue weighted by Gasteiger charge is 2.32. The van der Waals surface area contributed by atoms with E-state index < -0.39 is 0 Å². The second-order valence-corrected chi connectivity index (χ2v) is 9.68. The zero-order valence-electron chi connectivity index (χ0n) is 21.9. The molecule has 8 heteroatoms. The summed E-state index contributed by atoms with van der Waals surface area (Å²) >= 11 is 0. The van der Waals surface area contributed by atoms with Crippen molar-refractivity contribution in [1.29, 1.82) is 0 Å². The van der Waals surface area contributed by atoms with Crippen LogP contribution >= 0.6 is 12.4 Å². The van der Waals surface area contributed by atoms with E-state index in [-0.39, 0.29) is 36.2 Å². The maximum absolute atomic E-state index is 13.3. The lowest BCUT2D eigenvalue weighted by molar-refractivity contribution is -0.125. The van der Waals surface area contributed by atoms with E-state index in [9.17, 15) is 14.4 Å². The minimum absolute atomic E-state index is 0. The molecule has 0 bridgehead atoms. The van der Waals surface area contributed by atoms with Crippen LogP contribution in [0.15, 0.2) is 48.5 Å². The van der Waals surface area contributed by atoms with E-state index in [1.165, 1.54) is 5.56 Å². The average Bonchev–Trinajstić information content (AvgIpc) is 3.14. The highest BCUT2D eigenvalue weighted by Crippen LogP contribution is 2.28. The van der Waals surface area contributed by atoms with E-state index in [1.807, 2.05) is 36.9 Å². The molecule has 1 unspecified atom stereocenters. The van der Waals surface area contributed by atoms with Gasteiger partial charge in [-0.3, -0.25) is 14.5 Å². The second-order valence-electron chi connectivity index (χ2n) is 9.68. The Labute approximate surface area is 226 Å². The van der Waals surface area contributed by atoms with Gasteiger partial charge < -0.3 is 15.1 Å². The van der Waals surface area contributed by atoms with Gasteiger partial charge in [0.15, 0.2) is 5.78 Å². The van der Waals surface area contributed by atoms with Gasteiger partial charge in [-0.2, -0.15) is 0 Å². The van der Waals surface area contributed by atoms with E-state index in [0.29, 0.717) is 37.3 Å². The van der Waals surface area contributed by atoms with Crippen molar-refractivity contribution in [2.75, 3.05) is 42.9 Å². The number of amides is 3. The first-order valence-electron chi connectivity index (χ1n) is 13.3. The largest absolute Gasteiger partial charge is 0.322 e. The third-order valence-corrected chi connectivity index (χ3v) is 7.40. The average molecular weight is 527 g/mol. The Hall–Kier alpha value is -2.90. The van der Waals surface area contributed by atoms with Gasteiger partial charge in [0.2, 0.25) is 0 Å². The SMILES string of the molecule is CCN(CC)CC(=O)C1CCCCN1C(=O)Nc1ccc(C(=O)N2CCCCc3ccccc32)cc1.Cl. The van der Waals surface area contributed by atoms with Crippen LogP contribution in [0.25, 0.3) is 0 Å². The van der Waals surface area contributed by atoms with Crippen molar-refractivity contribution in [3.05, 3.63) is 59.7 Å². The number of para-hydroxylation sites is 1. The van der Waals surface area contributed by atoms with Crippen molar-refractivity contribution in [2.24, 2.45) is 0 Å². The molecule has 1 fully saturated rings. The molecule has 1 atom stereocenters. The number of carbonyl (C=O) groups excluding carboxylic acids is 3. The zero-order valence-corrected chi connectivity index (χ0v) is 22.8. The number of likely N-dealkylation sites (N-methyl/N-ethyl adjacent to an activating group) is 1. The molecule has 200 valence electrons. The summed E-state index contributed by atoms with van der Waals surface area (Å²) in [5, 5.41) is 2.95. The van der Waals surface area contributed by atoms with Crippen molar-refractivity contribution >= 4 is 41.5 Å². The number of urea groups is 1. The summed E-state index contributed by atoms with van der Waals surface area (Å²) in [5.41, 5.74) is 3.41. The number of hydrogen-bond acceptors (Lipinski definition) is 4. The fourth-order valence-electron chi connectivity index (χ4n) is 5.23. The third kappa shape index (κ3) is 6.90. The Morgan fingerprint density at radius 3 is 2.35 bits per heavy atom. The van der Waals surface area contributed by atoms with Crippen LogP contribution in [0.2, 0.25) is 0 Å². The summed E-state index contributed by atoms with van der Waals surface area (Å²) in [6.07, 6.45) is 5.58. The van der Waals surface area contributed by atoms with Gasteiger partial charge in [0.05, 0.1) is 12.6 Å². The first kappa shape index (κ1) is 28.7. The summed E-state index contributed by atoms with van der Waals surface area (Å²) < 4.78 is 0. The number of ketones is 1. The molecular weight excluding hydrogens is 488 g/mol. The second kappa shape index (κ2) is 13.6. The van der Waals surface area contributed by atoms with Crippen molar-refractivity contribution in [3.8, 4) is 0 Å². The number of anilines is 2. The van der Waals surface area contributed by atoms with Gasteiger partial charge in [-0.05, 0) is 87.5 Å². The maximum atomic E-state index is 13.3. The van der Waals surface area contributed by atoms with Crippen molar-refractivity contribution < 1.29 is 14.4 Å². The summed E-state index contributed by atoms with van der Waals surface area (Å²) in [7, 11) is 0. The van der Waals surface area contributed by atoms with Crippen LogP contribution in [0, 0.1) is 0 Å². The lowest BCUT2D eigenvalue weighted by Gasteiger charge is -2.35. The van der Waals surface area contributed by atoms with Crippen LogP contribution in [-0.2, 0) is 11.2 Å². The highest BCUT2D eigenvalue weighted by atomic mass is 35.5. The molecule has 0 aromatic heterocycles. The molecule has 1 saturated heterocycles. The number of nitrogens with zero attached hydrogens (tertiary/aromatic N) is 3. The van der Waals surface area contributed by atoms with Crippen LogP contribution in [0.4, 0.5) is 16.2 Å². The van der Waals surface area contributed by atoms with Gasteiger partial charge in [0.25, 0.3) is 5.91 Å². The molecule has 0 spiro atoms. The van der Waals surface area contributed by atoms with Crippen LogP contribution < -0.4 is 10.2 Å². The Morgan fingerprint density at radius 1 is 0.919 bits per heavy atom. The van der Waals surface area contributed by atoms with Gasteiger partial charge in [0.1, 0.15) is 0 Å². The van der Waals surface area contributed by atoms with E-state index in [4.69, 9.17) is 0 Å². The third-order valence-electron chi connectivity index (χ3n) is 7.40. The molecule has 4 rings (SSSR count). The lowest BCUT2D eigenvalue weighted by atomic mass is 9.98. The van der Waals surface area contributed by atoms with Gasteiger partial charge >= 0.3 is 6.03 Å².